The van der Waals surface area contributed by atoms with E-state index in [0.29, 0.717) is 23.9 Å². The number of hydrogen-bond acceptors (Lipinski definition) is 6. The van der Waals surface area contributed by atoms with Crippen LogP contribution in [0.15, 0.2) is 47.3 Å². The summed E-state index contributed by atoms with van der Waals surface area (Å²) in [6, 6.07) is 7.19. The zero-order valence-corrected chi connectivity index (χ0v) is 13.9. The Labute approximate surface area is 144 Å². The Bertz CT molecular complexity index is 856. The molecule has 3 aromatic rings. The number of oxazole rings is 1. The number of benzene rings is 1. The SMILES string of the molecule is COc1cccc(OCc2nc(C(=O)NCc3nccn3C)co2)c1. The van der Waals surface area contributed by atoms with Gasteiger partial charge in [0, 0.05) is 25.5 Å². The maximum atomic E-state index is 12.1. The van der Waals surface area contributed by atoms with Crippen LogP contribution in [0.3, 0.4) is 0 Å². The molecular weight excluding hydrogens is 324 g/mol. The van der Waals surface area contributed by atoms with E-state index in [1.54, 1.807) is 25.4 Å². The van der Waals surface area contributed by atoms with E-state index >= 15 is 0 Å². The molecule has 0 bridgehead atoms. The molecule has 0 atom stereocenters. The van der Waals surface area contributed by atoms with Gasteiger partial charge in [0.15, 0.2) is 12.3 Å². The van der Waals surface area contributed by atoms with Gasteiger partial charge in [-0.2, -0.15) is 0 Å². The van der Waals surface area contributed by atoms with Crippen molar-refractivity contribution in [2.75, 3.05) is 7.11 Å². The Kier molecular flexibility index (Phi) is 4.98. The van der Waals surface area contributed by atoms with Gasteiger partial charge in [-0.3, -0.25) is 4.79 Å². The number of methoxy groups -OCH3 is 1. The quantitative estimate of drug-likeness (QED) is 0.705. The third kappa shape index (κ3) is 4.17. The summed E-state index contributed by atoms with van der Waals surface area (Å²) >= 11 is 0. The van der Waals surface area contributed by atoms with E-state index in [9.17, 15) is 4.79 Å². The Morgan fingerprint density at radius 1 is 1.36 bits per heavy atom. The third-order valence-electron chi connectivity index (χ3n) is 3.52. The van der Waals surface area contributed by atoms with Gasteiger partial charge in [0.25, 0.3) is 5.91 Å². The van der Waals surface area contributed by atoms with Crippen molar-refractivity contribution in [3.8, 4) is 11.5 Å². The number of carbonyl (C=O) groups excluding carboxylic acids is 1. The second-order valence-corrected chi connectivity index (χ2v) is 5.23. The molecule has 0 aliphatic carbocycles. The van der Waals surface area contributed by atoms with Crippen molar-refractivity contribution in [1.82, 2.24) is 19.9 Å². The Morgan fingerprint density at radius 2 is 2.20 bits per heavy atom. The molecule has 0 saturated carbocycles. The zero-order chi connectivity index (χ0) is 17.6. The zero-order valence-electron chi connectivity index (χ0n) is 13.9. The predicted octanol–water partition coefficient (Wildman–Crippen LogP) is 1.93. The van der Waals surface area contributed by atoms with Crippen LogP contribution in [-0.2, 0) is 20.2 Å². The van der Waals surface area contributed by atoms with Gasteiger partial charge in [-0.05, 0) is 12.1 Å². The van der Waals surface area contributed by atoms with E-state index in [2.05, 4.69) is 15.3 Å². The molecule has 0 unspecified atom stereocenters. The molecular formula is C17H18N4O4. The highest BCUT2D eigenvalue weighted by atomic mass is 16.5. The molecule has 0 saturated heterocycles. The minimum absolute atomic E-state index is 0.111. The first kappa shape index (κ1) is 16.6. The number of hydrogen-bond donors (Lipinski definition) is 1. The molecule has 1 amide bonds. The Hall–Kier alpha value is -3.29. The highest BCUT2D eigenvalue weighted by Crippen LogP contribution is 2.19. The molecule has 8 heteroatoms. The minimum atomic E-state index is -0.334. The lowest BCUT2D eigenvalue weighted by molar-refractivity contribution is 0.0944. The van der Waals surface area contributed by atoms with E-state index < -0.39 is 0 Å². The van der Waals surface area contributed by atoms with Crippen LogP contribution in [0.4, 0.5) is 0 Å². The van der Waals surface area contributed by atoms with Gasteiger partial charge in [-0.1, -0.05) is 6.07 Å². The second kappa shape index (κ2) is 7.52. The van der Waals surface area contributed by atoms with Crippen LogP contribution in [0.2, 0.25) is 0 Å². The van der Waals surface area contributed by atoms with E-state index in [-0.39, 0.29) is 18.2 Å². The average Bonchev–Trinajstić information content (AvgIpc) is 3.27. The number of ether oxygens (including phenoxy) is 2. The standard InChI is InChI=1S/C17H18N4O4/c1-21-7-6-18-15(21)9-19-17(22)14-10-25-16(20-14)11-24-13-5-3-4-12(8-13)23-2/h3-8,10H,9,11H2,1-2H3,(H,19,22). The maximum absolute atomic E-state index is 12.1. The summed E-state index contributed by atoms with van der Waals surface area (Å²) in [6.07, 6.45) is 4.79. The van der Waals surface area contributed by atoms with Crippen LogP contribution in [0.25, 0.3) is 0 Å². The lowest BCUT2D eigenvalue weighted by Gasteiger charge is -2.05. The number of carbonyl (C=O) groups is 1. The van der Waals surface area contributed by atoms with Crippen molar-refractivity contribution >= 4 is 5.91 Å². The van der Waals surface area contributed by atoms with Crippen LogP contribution in [0.5, 0.6) is 11.5 Å². The van der Waals surface area contributed by atoms with Crippen LogP contribution >= 0.6 is 0 Å². The van der Waals surface area contributed by atoms with Gasteiger partial charge in [-0.25, -0.2) is 9.97 Å². The monoisotopic (exact) mass is 342 g/mol. The number of amides is 1. The normalized spacial score (nSPS) is 10.5. The average molecular weight is 342 g/mol. The number of nitrogens with zero attached hydrogens (tertiary/aromatic N) is 3. The molecule has 0 aliphatic rings. The number of nitrogens with one attached hydrogen (secondary N) is 1. The van der Waals surface area contributed by atoms with Crippen molar-refractivity contribution < 1.29 is 18.7 Å². The molecule has 0 spiro atoms. The van der Waals surface area contributed by atoms with E-state index in [4.69, 9.17) is 13.9 Å². The van der Waals surface area contributed by atoms with E-state index in [1.165, 1.54) is 6.26 Å². The first-order chi connectivity index (χ1) is 12.2. The second-order valence-electron chi connectivity index (χ2n) is 5.23. The van der Waals surface area contributed by atoms with Gasteiger partial charge in [0.05, 0.1) is 13.7 Å². The van der Waals surface area contributed by atoms with Crippen LogP contribution < -0.4 is 14.8 Å². The fourth-order valence-corrected chi connectivity index (χ4v) is 2.13. The van der Waals surface area contributed by atoms with Crippen molar-refractivity contribution in [2.24, 2.45) is 7.05 Å². The highest BCUT2D eigenvalue weighted by molar-refractivity contribution is 5.91. The third-order valence-corrected chi connectivity index (χ3v) is 3.52. The summed E-state index contributed by atoms with van der Waals surface area (Å²) in [6.45, 7) is 0.421. The topological polar surface area (TPSA) is 91.4 Å². The van der Waals surface area contributed by atoms with Crippen LogP contribution in [-0.4, -0.2) is 27.6 Å². The van der Waals surface area contributed by atoms with Gasteiger partial charge >= 0.3 is 0 Å². The van der Waals surface area contributed by atoms with Gasteiger partial charge in [0.1, 0.15) is 23.6 Å². The molecule has 2 aromatic heterocycles. The van der Waals surface area contributed by atoms with Gasteiger partial charge < -0.3 is 23.8 Å². The lowest BCUT2D eigenvalue weighted by atomic mass is 10.3. The van der Waals surface area contributed by atoms with Crippen molar-refractivity contribution in [3.63, 3.8) is 0 Å². The molecule has 8 nitrogen and oxygen atoms in total. The summed E-state index contributed by atoms with van der Waals surface area (Å²) in [7, 11) is 3.45. The summed E-state index contributed by atoms with van der Waals surface area (Å²) in [5.74, 6) is 2.04. The first-order valence-electron chi connectivity index (χ1n) is 7.61. The number of aryl methyl sites for hydroxylation is 1. The van der Waals surface area contributed by atoms with Gasteiger partial charge in [0.2, 0.25) is 5.89 Å². The van der Waals surface area contributed by atoms with Gasteiger partial charge in [-0.15, -0.1) is 0 Å². The minimum Gasteiger partial charge on any atom is -0.497 e. The van der Waals surface area contributed by atoms with Crippen LogP contribution in [0.1, 0.15) is 22.2 Å². The fourth-order valence-electron chi connectivity index (χ4n) is 2.13. The number of imidazole rings is 1. The molecule has 130 valence electrons. The molecule has 1 aromatic carbocycles. The molecule has 0 radical (unpaired) electrons. The van der Waals surface area contributed by atoms with E-state index in [1.807, 2.05) is 29.9 Å². The molecule has 0 aliphatic heterocycles. The fraction of sp³-hybridized carbons (Fsp3) is 0.235. The molecule has 0 fully saturated rings. The molecule has 25 heavy (non-hydrogen) atoms. The Morgan fingerprint density at radius 3 is 2.96 bits per heavy atom. The predicted molar refractivity (Wildman–Crippen MR) is 88.2 cm³/mol. The molecule has 2 heterocycles. The maximum Gasteiger partial charge on any atom is 0.273 e. The lowest BCUT2D eigenvalue weighted by Crippen LogP contribution is -2.24. The van der Waals surface area contributed by atoms with E-state index in [0.717, 1.165) is 5.82 Å². The number of rotatable bonds is 7. The summed E-state index contributed by atoms with van der Waals surface area (Å²) in [4.78, 5) is 20.4. The molecule has 3 rings (SSSR count). The van der Waals surface area contributed by atoms with Crippen molar-refractivity contribution in [3.05, 3.63) is 60.3 Å². The first-order valence-corrected chi connectivity index (χ1v) is 7.61. The highest BCUT2D eigenvalue weighted by Gasteiger charge is 2.13. The summed E-state index contributed by atoms with van der Waals surface area (Å²) in [5, 5.41) is 2.74. The Balaban J connectivity index is 1.54. The smallest absolute Gasteiger partial charge is 0.273 e. The van der Waals surface area contributed by atoms with Crippen molar-refractivity contribution in [1.29, 1.82) is 0 Å². The van der Waals surface area contributed by atoms with Crippen LogP contribution in [0, 0.1) is 0 Å². The molecule has 1 N–H and O–H groups in total. The number of aromatic nitrogens is 3. The summed E-state index contributed by atoms with van der Waals surface area (Å²) in [5.41, 5.74) is 0.193. The largest absolute Gasteiger partial charge is 0.497 e. The van der Waals surface area contributed by atoms with Crippen molar-refractivity contribution in [2.45, 2.75) is 13.2 Å². The summed E-state index contributed by atoms with van der Waals surface area (Å²) < 4.78 is 17.8.